The summed E-state index contributed by atoms with van der Waals surface area (Å²) in [5.41, 5.74) is 9.76. The second-order valence-corrected chi connectivity index (χ2v) is 7.89. The molecule has 2 rings (SSSR count). The SMILES string of the molecule is Cc1ccc(CN(C(=O)NCCCC(=O)O)C(N)=Nc2ccc(OC(C)C)c(C)c2)cc1. The van der Waals surface area contributed by atoms with Crippen molar-refractivity contribution in [1.29, 1.82) is 0 Å². The number of carbonyl (C=O) groups is 2. The van der Waals surface area contributed by atoms with E-state index in [4.69, 9.17) is 15.6 Å². The van der Waals surface area contributed by atoms with E-state index >= 15 is 0 Å². The van der Waals surface area contributed by atoms with Gasteiger partial charge in [0.15, 0.2) is 0 Å². The number of nitrogens with one attached hydrogen (secondary N) is 1. The number of aryl methyl sites for hydroxylation is 2. The zero-order chi connectivity index (χ0) is 23.7. The lowest BCUT2D eigenvalue weighted by Gasteiger charge is -2.22. The quantitative estimate of drug-likeness (QED) is 0.308. The van der Waals surface area contributed by atoms with Crippen molar-refractivity contribution in [3.8, 4) is 5.75 Å². The maximum Gasteiger partial charge on any atom is 0.324 e. The number of nitrogens with two attached hydrogens (primary N) is 1. The van der Waals surface area contributed by atoms with E-state index in [-0.39, 0.29) is 31.6 Å². The smallest absolute Gasteiger partial charge is 0.324 e. The summed E-state index contributed by atoms with van der Waals surface area (Å²) in [7, 11) is 0. The molecular formula is C24H32N4O4. The summed E-state index contributed by atoms with van der Waals surface area (Å²) in [6, 6.07) is 12.8. The summed E-state index contributed by atoms with van der Waals surface area (Å²) in [6.07, 6.45) is 0.363. The van der Waals surface area contributed by atoms with Crippen LogP contribution in [0.25, 0.3) is 0 Å². The second-order valence-electron chi connectivity index (χ2n) is 7.89. The van der Waals surface area contributed by atoms with Gasteiger partial charge in [0.05, 0.1) is 18.3 Å². The number of carboxylic acid groups (broad SMARTS) is 1. The fourth-order valence-electron chi connectivity index (χ4n) is 2.95. The van der Waals surface area contributed by atoms with Gasteiger partial charge in [-0.15, -0.1) is 0 Å². The summed E-state index contributed by atoms with van der Waals surface area (Å²) < 4.78 is 5.75. The van der Waals surface area contributed by atoms with E-state index in [1.807, 2.05) is 64.1 Å². The summed E-state index contributed by atoms with van der Waals surface area (Å²) in [5, 5.41) is 11.5. The highest BCUT2D eigenvalue weighted by Crippen LogP contribution is 2.25. The number of benzene rings is 2. The van der Waals surface area contributed by atoms with E-state index in [0.717, 1.165) is 22.4 Å². The number of ether oxygens (including phenoxy) is 1. The van der Waals surface area contributed by atoms with Crippen molar-refractivity contribution in [2.45, 2.75) is 53.2 Å². The van der Waals surface area contributed by atoms with E-state index in [9.17, 15) is 9.59 Å². The zero-order valence-corrected chi connectivity index (χ0v) is 19.1. The van der Waals surface area contributed by atoms with Crippen molar-refractivity contribution in [2.75, 3.05) is 6.54 Å². The van der Waals surface area contributed by atoms with Crippen LogP contribution in [0.15, 0.2) is 47.5 Å². The number of amides is 2. The van der Waals surface area contributed by atoms with Crippen molar-refractivity contribution in [2.24, 2.45) is 10.7 Å². The normalized spacial score (nSPS) is 11.3. The molecule has 0 unspecified atom stereocenters. The van der Waals surface area contributed by atoms with Gasteiger partial charge in [-0.25, -0.2) is 9.79 Å². The molecule has 8 heteroatoms. The molecule has 0 aliphatic heterocycles. The van der Waals surface area contributed by atoms with Crippen LogP contribution >= 0.6 is 0 Å². The molecule has 0 bridgehead atoms. The molecule has 172 valence electrons. The van der Waals surface area contributed by atoms with Gasteiger partial charge in [0.1, 0.15) is 5.75 Å². The first-order valence-electron chi connectivity index (χ1n) is 10.6. The van der Waals surface area contributed by atoms with Gasteiger partial charge >= 0.3 is 12.0 Å². The Morgan fingerprint density at radius 1 is 1.16 bits per heavy atom. The third-order valence-corrected chi connectivity index (χ3v) is 4.59. The molecule has 0 fully saturated rings. The van der Waals surface area contributed by atoms with Crippen LogP contribution in [0.1, 0.15) is 43.4 Å². The predicted molar refractivity (Wildman–Crippen MR) is 125 cm³/mol. The number of aliphatic imine (C=N–C) groups is 1. The van der Waals surface area contributed by atoms with E-state index in [1.165, 1.54) is 4.90 Å². The number of hydrogen-bond acceptors (Lipinski definition) is 4. The molecule has 2 aromatic rings. The lowest BCUT2D eigenvalue weighted by atomic mass is 10.1. The van der Waals surface area contributed by atoms with Crippen molar-refractivity contribution in [1.82, 2.24) is 10.2 Å². The van der Waals surface area contributed by atoms with Gasteiger partial charge in [-0.3, -0.25) is 9.69 Å². The van der Waals surface area contributed by atoms with Gasteiger partial charge in [0.2, 0.25) is 5.96 Å². The fraction of sp³-hybridized carbons (Fsp3) is 0.375. The van der Waals surface area contributed by atoms with Crippen LogP contribution in [0.2, 0.25) is 0 Å². The minimum Gasteiger partial charge on any atom is -0.491 e. The first-order valence-corrected chi connectivity index (χ1v) is 10.6. The number of nitrogens with zero attached hydrogens (tertiary/aromatic N) is 2. The second kappa shape index (κ2) is 11.7. The van der Waals surface area contributed by atoms with E-state index in [1.54, 1.807) is 6.07 Å². The van der Waals surface area contributed by atoms with Crippen LogP contribution in [0, 0.1) is 13.8 Å². The Hall–Kier alpha value is -3.55. The molecule has 2 amide bonds. The van der Waals surface area contributed by atoms with Crippen LogP contribution in [0.3, 0.4) is 0 Å². The monoisotopic (exact) mass is 440 g/mol. The van der Waals surface area contributed by atoms with Gasteiger partial charge in [-0.2, -0.15) is 0 Å². The molecule has 0 heterocycles. The molecule has 0 aliphatic rings. The van der Waals surface area contributed by atoms with Crippen molar-refractivity contribution in [3.05, 3.63) is 59.2 Å². The molecule has 0 saturated carbocycles. The lowest BCUT2D eigenvalue weighted by Crippen LogP contribution is -2.47. The highest BCUT2D eigenvalue weighted by Gasteiger charge is 2.18. The van der Waals surface area contributed by atoms with Gasteiger partial charge in [-0.05, 0) is 63.4 Å². The molecular weight excluding hydrogens is 408 g/mol. The van der Waals surface area contributed by atoms with Crippen molar-refractivity contribution < 1.29 is 19.4 Å². The number of carboxylic acids is 1. The average Bonchev–Trinajstić information content (AvgIpc) is 2.72. The Bertz CT molecular complexity index is 955. The van der Waals surface area contributed by atoms with Crippen LogP contribution < -0.4 is 15.8 Å². The Balaban J connectivity index is 2.22. The number of urea groups is 1. The van der Waals surface area contributed by atoms with E-state index < -0.39 is 12.0 Å². The number of guanidine groups is 1. The maximum atomic E-state index is 12.8. The summed E-state index contributed by atoms with van der Waals surface area (Å²) >= 11 is 0. The third kappa shape index (κ3) is 7.94. The summed E-state index contributed by atoms with van der Waals surface area (Å²) in [5.74, 6) is -0.0967. The zero-order valence-electron chi connectivity index (χ0n) is 19.1. The van der Waals surface area contributed by atoms with E-state index in [0.29, 0.717) is 12.1 Å². The molecule has 2 aromatic carbocycles. The molecule has 0 saturated heterocycles. The van der Waals surface area contributed by atoms with Crippen molar-refractivity contribution >= 4 is 23.6 Å². The Kier molecular flexibility index (Phi) is 9.07. The largest absolute Gasteiger partial charge is 0.491 e. The number of rotatable bonds is 9. The molecule has 0 atom stereocenters. The van der Waals surface area contributed by atoms with Gasteiger partial charge in [0, 0.05) is 13.0 Å². The predicted octanol–water partition coefficient (Wildman–Crippen LogP) is 4.11. The molecule has 4 N–H and O–H groups in total. The molecule has 0 radical (unpaired) electrons. The molecule has 32 heavy (non-hydrogen) atoms. The highest BCUT2D eigenvalue weighted by molar-refractivity contribution is 5.96. The Morgan fingerprint density at radius 2 is 1.84 bits per heavy atom. The van der Waals surface area contributed by atoms with E-state index in [2.05, 4.69) is 10.3 Å². The van der Waals surface area contributed by atoms with Crippen LogP contribution in [0.5, 0.6) is 5.75 Å². The maximum absolute atomic E-state index is 12.8. The molecule has 8 nitrogen and oxygen atoms in total. The number of carbonyl (C=O) groups excluding carboxylic acids is 1. The van der Waals surface area contributed by atoms with Crippen LogP contribution in [-0.2, 0) is 11.3 Å². The average molecular weight is 441 g/mol. The fourth-order valence-corrected chi connectivity index (χ4v) is 2.95. The van der Waals surface area contributed by atoms with Crippen molar-refractivity contribution in [3.63, 3.8) is 0 Å². The lowest BCUT2D eigenvalue weighted by molar-refractivity contribution is -0.137. The Labute approximate surface area is 189 Å². The third-order valence-electron chi connectivity index (χ3n) is 4.59. The molecule has 0 aromatic heterocycles. The summed E-state index contributed by atoms with van der Waals surface area (Å²) in [6.45, 7) is 8.29. The minimum atomic E-state index is -0.905. The van der Waals surface area contributed by atoms with Crippen LogP contribution in [-0.4, -0.2) is 40.6 Å². The minimum absolute atomic E-state index is 0.0219. The number of hydrogen-bond donors (Lipinski definition) is 3. The topological polar surface area (TPSA) is 117 Å². The van der Waals surface area contributed by atoms with Gasteiger partial charge in [-0.1, -0.05) is 29.8 Å². The van der Waals surface area contributed by atoms with Gasteiger partial charge in [0.25, 0.3) is 0 Å². The summed E-state index contributed by atoms with van der Waals surface area (Å²) in [4.78, 5) is 29.3. The first-order chi connectivity index (χ1) is 15.2. The van der Waals surface area contributed by atoms with Gasteiger partial charge < -0.3 is 20.9 Å². The first kappa shape index (κ1) is 24.7. The Morgan fingerprint density at radius 3 is 2.44 bits per heavy atom. The standard InChI is InChI=1S/C24H32N4O4/c1-16(2)32-21-12-11-20(14-18(21)4)27-23(25)28(15-19-9-7-17(3)8-10-19)24(31)26-13-5-6-22(29)30/h7-12,14,16H,5-6,13,15H2,1-4H3,(H2,25,27)(H,26,31)(H,29,30). The molecule has 0 aliphatic carbocycles. The molecule has 0 spiro atoms. The highest BCUT2D eigenvalue weighted by atomic mass is 16.5. The van der Waals surface area contributed by atoms with Crippen LogP contribution in [0.4, 0.5) is 10.5 Å². The number of aliphatic carboxylic acids is 1.